The fourth-order valence-corrected chi connectivity index (χ4v) is 4.59. The van der Waals surface area contributed by atoms with Crippen LogP contribution < -0.4 is 0 Å². The smallest absolute Gasteiger partial charge is 0.170 e. The van der Waals surface area contributed by atoms with Gasteiger partial charge in [-0.15, -0.1) is 0 Å². The molecule has 0 radical (unpaired) electrons. The first-order valence-electron chi connectivity index (χ1n) is 6.75. The molecule has 3 heteroatoms. The van der Waals surface area contributed by atoms with Gasteiger partial charge in [0, 0.05) is 15.4 Å². The fourth-order valence-electron chi connectivity index (χ4n) is 3.65. The van der Waals surface area contributed by atoms with E-state index >= 15 is 0 Å². The lowest BCUT2D eigenvalue weighted by atomic mass is 9.92. The van der Waals surface area contributed by atoms with Crippen LogP contribution in [0.15, 0.2) is 17.9 Å². The molecule has 100 valence electrons. The van der Waals surface area contributed by atoms with Gasteiger partial charge in [-0.3, -0.25) is 4.79 Å². The Morgan fingerprint density at radius 1 is 1.16 bits per heavy atom. The van der Waals surface area contributed by atoms with E-state index in [0.29, 0.717) is 11.3 Å². The van der Waals surface area contributed by atoms with Gasteiger partial charge in [-0.25, -0.2) is 0 Å². The van der Waals surface area contributed by atoms with Crippen molar-refractivity contribution in [2.24, 2.45) is 11.8 Å². The Labute approximate surface area is 127 Å². The average molecular weight is 368 g/mol. The molecule has 1 aromatic rings. The maximum atomic E-state index is 12.6. The van der Waals surface area contributed by atoms with E-state index in [0.717, 1.165) is 36.0 Å². The van der Waals surface area contributed by atoms with E-state index in [1.54, 1.807) is 0 Å². The first-order valence-corrected chi connectivity index (χ1v) is 7.83. The van der Waals surface area contributed by atoms with Crippen molar-refractivity contribution in [3.63, 3.8) is 0 Å². The van der Waals surface area contributed by atoms with E-state index in [-0.39, 0.29) is 17.6 Å². The van der Waals surface area contributed by atoms with Gasteiger partial charge in [0.25, 0.3) is 0 Å². The van der Waals surface area contributed by atoms with Crippen molar-refractivity contribution in [3.05, 3.63) is 38.2 Å². The predicted molar refractivity (Wildman–Crippen MR) is 84.0 cm³/mol. The van der Waals surface area contributed by atoms with Gasteiger partial charge in [0.05, 0.1) is 5.57 Å². The number of carbonyl (C=O) groups excluding carboxylic acids is 1. The first-order chi connectivity index (χ1) is 9.00. The number of ketones is 1. The molecule has 2 aliphatic rings. The lowest BCUT2D eigenvalue weighted by molar-refractivity contribution is -0.117. The molecule has 2 aliphatic carbocycles. The van der Waals surface area contributed by atoms with Crippen LogP contribution >= 0.6 is 22.6 Å². The van der Waals surface area contributed by atoms with Crippen molar-refractivity contribution < 1.29 is 9.90 Å². The Hall–Kier alpha value is -0.840. The normalized spacial score (nSPS) is 26.2. The molecule has 1 N–H and O–H groups in total. The summed E-state index contributed by atoms with van der Waals surface area (Å²) in [5, 5.41) is 10.5. The monoisotopic (exact) mass is 368 g/mol. The summed E-state index contributed by atoms with van der Waals surface area (Å²) in [5.74, 6) is 0.626. The van der Waals surface area contributed by atoms with Crippen LogP contribution in [0.4, 0.5) is 0 Å². The SMILES string of the molecule is Cc1cc(I)cc(C)c1C1=C(O)C2CCCC2C1=O. The lowest BCUT2D eigenvalue weighted by Crippen LogP contribution is -2.12. The highest BCUT2D eigenvalue weighted by Gasteiger charge is 2.45. The molecule has 2 unspecified atom stereocenters. The van der Waals surface area contributed by atoms with Crippen LogP contribution in [0.5, 0.6) is 0 Å². The number of rotatable bonds is 1. The van der Waals surface area contributed by atoms with Crippen LogP contribution in [-0.4, -0.2) is 10.9 Å². The van der Waals surface area contributed by atoms with Crippen LogP contribution in [0.2, 0.25) is 0 Å². The van der Waals surface area contributed by atoms with E-state index in [1.807, 2.05) is 13.8 Å². The minimum Gasteiger partial charge on any atom is -0.511 e. The Morgan fingerprint density at radius 2 is 1.74 bits per heavy atom. The molecule has 1 saturated carbocycles. The maximum Gasteiger partial charge on any atom is 0.170 e. The number of aliphatic hydroxyl groups is 1. The van der Waals surface area contributed by atoms with Crippen LogP contribution in [-0.2, 0) is 4.79 Å². The molecule has 1 aromatic carbocycles. The number of carbonyl (C=O) groups is 1. The van der Waals surface area contributed by atoms with Crippen LogP contribution in [0.3, 0.4) is 0 Å². The number of hydrogen-bond acceptors (Lipinski definition) is 2. The lowest BCUT2D eigenvalue weighted by Gasteiger charge is -2.12. The Balaban J connectivity index is 2.17. The highest BCUT2D eigenvalue weighted by atomic mass is 127. The zero-order valence-electron chi connectivity index (χ0n) is 11.2. The number of Topliss-reactive ketones (excluding diaryl/α,β-unsaturated/α-hetero) is 1. The van der Waals surface area contributed by atoms with Gasteiger partial charge in [0.2, 0.25) is 0 Å². The maximum absolute atomic E-state index is 12.6. The summed E-state index contributed by atoms with van der Waals surface area (Å²) >= 11 is 2.28. The fraction of sp³-hybridized carbons (Fsp3) is 0.438. The number of halogens is 1. The molecule has 0 heterocycles. The molecule has 0 aromatic heterocycles. The van der Waals surface area contributed by atoms with Gasteiger partial charge < -0.3 is 5.11 Å². The molecule has 0 spiro atoms. The van der Waals surface area contributed by atoms with Crippen LogP contribution in [0.1, 0.15) is 36.0 Å². The van der Waals surface area contributed by atoms with Crippen LogP contribution in [0, 0.1) is 29.3 Å². The van der Waals surface area contributed by atoms with Gasteiger partial charge in [-0.2, -0.15) is 0 Å². The predicted octanol–water partition coefficient (Wildman–Crippen LogP) is 4.18. The van der Waals surface area contributed by atoms with Gasteiger partial charge in [-0.05, 0) is 78.1 Å². The number of aliphatic hydroxyl groups excluding tert-OH is 1. The van der Waals surface area contributed by atoms with Gasteiger partial charge >= 0.3 is 0 Å². The second-order valence-electron chi connectivity index (χ2n) is 5.68. The summed E-state index contributed by atoms with van der Waals surface area (Å²) in [5.41, 5.74) is 3.72. The molecule has 0 saturated heterocycles. The molecule has 2 nitrogen and oxygen atoms in total. The molecule has 1 fully saturated rings. The summed E-state index contributed by atoms with van der Waals surface area (Å²) in [4.78, 5) is 12.6. The van der Waals surface area contributed by atoms with E-state index in [2.05, 4.69) is 34.7 Å². The summed E-state index contributed by atoms with van der Waals surface area (Å²) in [7, 11) is 0. The van der Waals surface area contributed by atoms with Gasteiger partial charge in [-0.1, -0.05) is 6.42 Å². The van der Waals surface area contributed by atoms with E-state index in [4.69, 9.17) is 0 Å². The van der Waals surface area contributed by atoms with Gasteiger partial charge in [0.1, 0.15) is 5.76 Å². The highest BCUT2D eigenvalue weighted by Crippen LogP contribution is 2.48. The standard InChI is InChI=1S/C16H17IO2/c1-8-6-10(17)7-9(2)13(8)14-15(18)11-4-3-5-12(11)16(14)19/h6-7,11-12,18H,3-5H2,1-2H3. The quantitative estimate of drug-likeness (QED) is 0.756. The molecule has 19 heavy (non-hydrogen) atoms. The second kappa shape index (κ2) is 4.62. The average Bonchev–Trinajstić information content (AvgIpc) is 2.87. The molecule has 2 atom stereocenters. The molecule has 0 amide bonds. The van der Waals surface area contributed by atoms with Crippen molar-refractivity contribution in [1.29, 1.82) is 0 Å². The Morgan fingerprint density at radius 3 is 2.32 bits per heavy atom. The third kappa shape index (κ3) is 1.93. The number of benzene rings is 1. The third-order valence-electron chi connectivity index (χ3n) is 4.45. The highest BCUT2D eigenvalue weighted by molar-refractivity contribution is 14.1. The topological polar surface area (TPSA) is 37.3 Å². The van der Waals surface area contributed by atoms with E-state index in [1.165, 1.54) is 3.57 Å². The number of aryl methyl sites for hydroxylation is 2. The summed E-state index contributed by atoms with van der Waals surface area (Å²) in [6.45, 7) is 4.04. The zero-order valence-corrected chi connectivity index (χ0v) is 13.3. The van der Waals surface area contributed by atoms with Crippen LogP contribution in [0.25, 0.3) is 5.57 Å². The second-order valence-corrected chi connectivity index (χ2v) is 6.93. The summed E-state index contributed by atoms with van der Waals surface area (Å²) in [6, 6.07) is 4.15. The zero-order chi connectivity index (χ0) is 13.7. The first kappa shape index (κ1) is 13.2. The molecule has 3 rings (SSSR count). The summed E-state index contributed by atoms with van der Waals surface area (Å²) < 4.78 is 1.17. The molecule has 0 bridgehead atoms. The minimum atomic E-state index is 0.0353. The van der Waals surface area contributed by atoms with Crippen molar-refractivity contribution in [2.45, 2.75) is 33.1 Å². The summed E-state index contributed by atoms with van der Waals surface area (Å²) in [6.07, 6.45) is 2.94. The molecule has 0 aliphatic heterocycles. The molecular formula is C16H17IO2. The van der Waals surface area contributed by atoms with Crippen molar-refractivity contribution in [1.82, 2.24) is 0 Å². The molecular weight excluding hydrogens is 351 g/mol. The largest absolute Gasteiger partial charge is 0.511 e. The number of hydrogen-bond donors (Lipinski definition) is 1. The Bertz CT molecular complexity index is 578. The number of fused-ring (bicyclic) bond motifs is 1. The van der Waals surface area contributed by atoms with Crippen molar-refractivity contribution in [3.8, 4) is 0 Å². The van der Waals surface area contributed by atoms with E-state index < -0.39 is 0 Å². The third-order valence-corrected chi connectivity index (χ3v) is 5.08. The minimum absolute atomic E-state index is 0.0353. The van der Waals surface area contributed by atoms with Crippen molar-refractivity contribution in [2.75, 3.05) is 0 Å². The number of allylic oxidation sites excluding steroid dienone is 2. The van der Waals surface area contributed by atoms with Crippen molar-refractivity contribution >= 4 is 33.9 Å². The van der Waals surface area contributed by atoms with E-state index in [9.17, 15) is 9.90 Å². The Kier molecular flexibility index (Phi) is 3.20. The van der Waals surface area contributed by atoms with Gasteiger partial charge in [0.15, 0.2) is 5.78 Å².